The first-order valence-electron chi connectivity index (χ1n) is 8.44. The van der Waals surface area contributed by atoms with Crippen LogP contribution in [0.15, 0.2) is 48.5 Å². The molecule has 3 aromatic rings. The topological polar surface area (TPSA) is 35.2 Å². The first-order chi connectivity index (χ1) is 11.8. The molecule has 1 aliphatic heterocycles. The fraction of sp³-hybridized carbons (Fsp3) is 0.250. The van der Waals surface area contributed by atoms with Crippen LogP contribution in [-0.4, -0.2) is 48.3 Å². The predicted octanol–water partition coefficient (Wildman–Crippen LogP) is 3.49. The fourth-order valence-electron chi connectivity index (χ4n) is 3.16. The lowest BCUT2D eigenvalue weighted by Gasteiger charge is -2.34. The molecule has 1 aliphatic rings. The molecule has 2 aromatic carbocycles. The molecule has 122 valence electrons. The molecule has 2 heterocycles. The van der Waals surface area contributed by atoms with E-state index in [1.54, 1.807) is 0 Å². The van der Waals surface area contributed by atoms with Crippen LogP contribution < -0.4 is 4.90 Å². The van der Waals surface area contributed by atoms with Gasteiger partial charge < -0.3 is 9.80 Å². The molecule has 0 bridgehead atoms. The zero-order valence-corrected chi connectivity index (χ0v) is 13.9. The van der Waals surface area contributed by atoms with Crippen LogP contribution >= 0.6 is 0 Å². The molecule has 0 unspecified atom stereocenters. The number of nitrogens with one attached hydrogen (secondary N) is 1. The van der Waals surface area contributed by atoms with Crippen LogP contribution in [0.2, 0.25) is 0 Å². The number of rotatable bonds is 3. The van der Waals surface area contributed by atoms with Gasteiger partial charge in [-0.2, -0.15) is 5.10 Å². The van der Waals surface area contributed by atoms with E-state index in [0.29, 0.717) is 0 Å². The molecule has 4 nitrogen and oxygen atoms in total. The molecule has 0 saturated carbocycles. The summed E-state index contributed by atoms with van der Waals surface area (Å²) in [6.07, 6.45) is 4.17. The van der Waals surface area contributed by atoms with Crippen molar-refractivity contribution in [2.75, 3.05) is 38.1 Å². The minimum absolute atomic E-state index is 0.985. The molecule has 1 aromatic heterocycles. The number of nitrogens with zero attached hydrogens (tertiary/aromatic N) is 3. The molecule has 0 radical (unpaired) electrons. The Balaban J connectivity index is 1.58. The Labute approximate surface area is 142 Å². The highest BCUT2D eigenvalue weighted by atomic mass is 15.2. The SMILES string of the molecule is CN1CCN(c2ccc3c(C=Cc4ccccc4)n[nH]c3c2)CC1. The zero-order chi connectivity index (χ0) is 16.4. The Kier molecular flexibility index (Phi) is 4.05. The van der Waals surface area contributed by atoms with E-state index in [0.717, 1.165) is 37.4 Å². The second-order valence-electron chi connectivity index (χ2n) is 6.37. The summed E-state index contributed by atoms with van der Waals surface area (Å²) in [5.74, 6) is 0. The van der Waals surface area contributed by atoms with E-state index in [1.165, 1.54) is 16.6 Å². The summed E-state index contributed by atoms with van der Waals surface area (Å²) >= 11 is 0. The largest absolute Gasteiger partial charge is 0.369 e. The summed E-state index contributed by atoms with van der Waals surface area (Å²) in [5.41, 5.74) is 4.54. The van der Waals surface area contributed by atoms with E-state index in [4.69, 9.17) is 0 Å². The summed E-state index contributed by atoms with van der Waals surface area (Å²) < 4.78 is 0. The van der Waals surface area contributed by atoms with Gasteiger partial charge in [-0.1, -0.05) is 36.4 Å². The van der Waals surface area contributed by atoms with Crippen molar-refractivity contribution in [2.24, 2.45) is 0 Å². The van der Waals surface area contributed by atoms with Gasteiger partial charge in [-0.15, -0.1) is 0 Å². The lowest BCUT2D eigenvalue weighted by atomic mass is 10.1. The van der Waals surface area contributed by atoms with Gasteiger partial charge >= 0.3 is 0 Å². The van der Waals surface area contributed by atoms with Crippen LogP contribution in [0.5, 0.6) is 0 Å². The van der Waals surface area contributed by atoms with Gasteiger partial charge in [-0.25, -0.2) is 0 Å². The average Bonchev–Trinajstić information content (AvgIpc) is 3.04. The van der Waals surface area contributed by atoms with Gasteiger partial charge in [0.05, 0.1) is 11.2 Å². The van der Waals surface area contributed by atoms with E-state index < -0.39 is 0 Å². The molecular weight excluding hydrogens is 296 g/mol. The minimum Gasteiger partial charge on any atom is -0.369 e. The Morgan fingerprint density at radius 1 is 0.958 bits per heavy atom. The van der Waals surface area contributed by atoms with E-state index in [9.17, 15) is 0 Å². The van der Waals surface area contributed by atoms with Crippen LogP contribution in [0, 0.1) is 0 Å². The second-order valence-corrected chi connectivity index (χ2v) is 6.37. The first kappa shape index (κ1) is 15.0. The smallest absolute Gasteiger partial charge is 0.0927 e. The van der Waals surface area contributed by atoms with Crippen LogP contribution in [0.1, 0.15) is 11.3 Å². The summed E-state index contributed by atoms with van der Waals surface area (Å²) in [6, 6.07) is 16.9. The molecule has 24 heavy (non-hydrogen) atoms. The quantitative estimate of drug-likeness (QED) is 0.803. The highest BCUT2D eigenvalue weighted by molar-refractivity contribution is 5.91. The molecule has 0 aliphatic carbocycles. The Morgan fingerprint density at radius 2 is 1.75 bits per heavy atom. The summed E-state index contributed by atoms with van der Waals surface area (Å²) in [5, 5.41) is 8.81. The predicted molar refractivity (Wildman–Crippen MR) is 101 cm³/mol. The van der Waals surface area contributed by atoms with Crippen LogP contribution in [0.3, 0.4) is 0 Å². The molecule has 1 N–H and O–H groups in total. The second kappa shape index (κ2) is 6.49. The first-order valence-corrected chi connectivity index (χ1v) is 8.44. The van der Waals surface area contributed by atoms with Crippen LogP contribution in [0.25, 0.3) is 23.1 Å². The van der Waals surface area contributed by atoms with E-state index in [1.807, 2.05) is 18.2 Å². The van der Waals surface area contributed by atoms with Crippen LogP contribution in [-0.2, 0) is 0 Å². The van der Waals surface area contributed by atoms with Gasteiger partial charge in [-0.05, 0) is 36.9 Å². The number of H-pyrrole nitrogens is 1. The molecule has 0 spiro atoms. The number of piperazine rings is 1. The zero-order valence-electron chi connectivity index (χ0n) is 13.9. The van der Waals surface area contributed by atoms with E-state index in [2.05, 4.69) is 69.5 Å². The van der Waals surface area contributed by atoms with Crippen molar-refractivity contribution >= 4 is 28.7 Å². The number of likely N-dealkylation sites (N-methyl/N-ethyl adjacent to an activating group) is 1. The summed E-state index contributed by atoms with van der Waals surface area (Å²) in [7, 11) is 2.18. The summed E-state index contributed by atoms with van der Waals surface area (Å²) in [4.78, 5) is 4.82. The number of benzene rings is 2. The monoisotopic (exact) mass is 318 g/mol. The number of hydrogen-bond acceptors (Lipinski definition) is 3. The minimum atomic E-state index is 0.985. The third-order valence-electron chi connectivity index (χ3n) is 4.68. The van der Waals surface area contributed by atoms with Crippen molar-refractivity contribution in [2.45, 2.75) is 0 Å². The fourth-order valence-corrected chi connectivity index (χ4v) is 3.16. The standard InChI is InChI=1S/C20H22N4/c1-23-11-13-24(14-12-23)17-8-9-18-19(21-22-20(18)15-17)10-7-16-5-3-2-4-6-16/h2-10,15H,11-14H2,1H3,(H,21,22). The van der Waals surface area contributed by atoms with Crippen molar-refractivity contribution in [1.82, 2.24) is 15.1 Å². The van der Waals surface area contributed by atoms with Gasteiger partial charge in [0.25, 0.3) is 0 Å². The molecule has 4 heteroatoms. The average molecular weight is 318 g/mol. The molecule has 0 atom stereocenters. The highest BCUT2D eigenvalue weighted by Gasteiger charge is 2.15. The van der Waals surface area contributed by atoms with Gasteiger partial charge in [0.15, 0.2) is 0 Å². The normalized spacial score (nSPS) is 16.3. The number of anilines is 1. The van der Waals surface area contributed by atoms with Crippen LogP contribution in [0.4, 0.5) is 5.69 Å². The van der Waals surface area contributed by atoms with Gasteiger partial charge in [0.1, 0.15) is 0 Å². The van der Waals surface area contributed by atoms with Crippen molar-refractivity contribution in [3.63, 3.8) is 0 Å². The number of aromatic nitrogens is 2. The molecular formula is C20H22N4. The van der Waals surface area contributed by atoms with Gasteiger partial charge in [0, 0.05) is 37.3 Å². The maximum Gasteiger partial charge on any atom is 0.0927 e. The maximum atomic E-state index is 4.47. The lowest BCUT2D eigenvalue weighted by molar-refractivity contribution is 0.313. The van der Waals surface area contributed by atoms with Gasteiger partial charge in [-0.3, -0.25) is 5.10 Å². The maximum absolute atomic E-state index is 4.47. The lowest BCUT2D eigenvalue weighted by Crippen LogP contribution is -2.44. The molecule has 4 rings (SSSR count). The number of hydrogen-bond donors (Lipinski definition) is 1. The number of aromatic amines is 1. The Morgan fingerprint density at radius 3 is 2.54 bits per heavy atom. The third kappa shape index (κ3) is 3.05. The summed E-state index contributed by atoms with van der Waals surface area (Å²) in [6.45, 7) is 4.39. The Bertz CT molecular complexity index is 842. The Hall–Kier alpha value is -2.59. The van der Waals surface area contributed by atoms with Crippen molar-refractivity contribution in [3.05, 3.63) is 59.8 Å². The molecule has 1 fully saturated rings. The van der Waals surface area contributed by atoms with Crippen molar-refractivity contribution < 1.29 is 0 Å². The van der Waals surface area contributed by atoms with Gasteiger partial charge in [0.2, 0.25) is 0 Å². The highest BCUT2D eigenvalue weighted by Crippen LogP contribution is 2.24. The van der Waals surface area contributed by atoms with E-state index >= 15 is 0 Å². The third-order valence-corrected chi connectivity index (χ3v) is 4.68. The van der Waals surface area contributed by atoms with Crippen molar-refractivity contribution in [3.8, 4) is 0 Å². The van der Waals surface area contributed by atoms with E-state index in [-0.39, 0.29) is 0 Å². The van der Waals surface area contributed by atoms with Crippen molar-refractivity contribution in [1.29, 1.82) is 0 Å². The molecule has 0 amide bonds. The molecule has 1 saturated heterocycles. The number of fused-ring (bicyclic) bond motifs is 1.